The van der Waals surface area contributed by atoms with Gasteiger partial charge in [0.15, 0.2) is 11.6 Å². The average Bonchev–Trinajstić information content (AvgIpc) is 2.92. The lowest BCUT2D eigenvalue weighted by Gasteiger charge is -2.07. The predicted octanol–water partition coefficient (Wildman–Crippen LogP) is 2.93. The fraction of sp³-hybridized carbons (Fsp3) is 0.400. The molecule has 1 aromatic carbocycles. The van der Waals surface area contributed by atoms with Crippen molar-refractivity contribution in [3.05, 3.63) is 29.6 Å². The van der Waals surface area contributed by atoms with Gasteiger partial charge < -0.3 is 5.32 Å². The van der Waals surface area contributed by atoms with Crippen molar-refractivity contribution < 1.29 is 13.2 Å². The standard InChI is InChI=1S/C10H10F3N/c11-7-3-8(12)10(13)9(4-7)14-5-6-1-2-6/h3-4,6,14H,1-2,5H2. The molecule has 4 heteroatoms. The molecule has 0 radical (unpaired) electrons. The summed E-state index contributed by atoms with van der Waals surface area (Å²) in [6.45, 7) is 0.583. The molecular weight excluding hydrogens is 191 g/mol. The Hall–Kier alpha value is -1.19. The molecule has 1 saturated carbocycles. The fourth-order valence-corrected chi connectivity index (χ4v) is 1.26. The van der Waals surface area contributed by atoms with Gasteiger partial charge in [0.2, 0.25) is 0 Å². The van der Waals surface area contributed by atoms with Crippen molar-refractivity contribution in [1.29, 1.82) is 0 Å². The van der Waals surface area contributed by atoms with Crippen LogP contribution in [0.4, 0.5) is 18.9 Å². The van der Waals surface area contributed by atoms with Crippen LogP contribution >= 0.6 is 0 Å². The van der Waals surface area contributed by atoms with Gasteiger partial charge in [-0.1, -0.05) is 0 Å². The van der Waals surface area contributed by atoms with Crippen molar-refractivity contribution >= 4 is 5.69 Å². The molecule has 0 heterocycles. The van der Waals surface area contributed by atoms with E-state index >= 15 is 0 Å². The molecule has 0 atom stereocenters. The minimum absolute atomic E-state index is 0.0885. The maximum absolute atomic E-state index is 13.0. The summed E-state index contributed by atoms with van der Waals surface area (Å²) in [5, 5.41) is 2.70. The predicted molar refractivity (Wildman–Crippen MR) is 47.5 cm³/mol. The molecule has 1 nitrogen and oxygen atoms in total. The number of hydrogen-bond acceptors (Lipinski definition) is 1. The average molecular weight is 201 g/mol. The zero-order valence-corrected chi connectivity index (χ0v) is 7.49. The lowest BCUT2D eigenvalue weighted by atomic mass is 10.2. The van der Waals surface area contributed by atoms with Gasteiger partial charge >= 0.3 is 0 Å². The third kappa shape index (κ3) is 2.00. The number of anilines is 1. The van der Waals surface area contributed by atoms with Crippen molar-refractivity contribution in [2.75, 3.05) is 11.9 Å². The Morgan fingerprint density at radius 1 is 1.21 bits per heavy atom. The Kier molecular flexibility index (Phi) is 2.35. The van der Waals surface area contributed by atoms with Gasteiger partial charge in [0.05, 0.1) is 5.69 Å². The Morgan fingerprint density at radius 3 is 2.57 bits per heavy atom. The van der Waals surface area contributed by atoms with Crippen molar-refractivity contribution in [2.24, 2.45) is 5.92 Å². The minimum atomic E-state index is -1.15. The summed E-state index contributed by atoms with van der Waals surface area (Å²) in [6.07, 6.45) is 2.21. The highest BCUT2D eigenvalue weighted by atomic mass is 19.2. The third-order valence-corrected chi connectivity index (χ3v) is 2.27. The van der Waals surface area contributed by atoms with Crippen LogP contribution in [-0.2, 0) is 0 Å². The maximum atomic E-state index is 13.0. The second kappa shape index (κ2) is 3.52. The summed E-state index contributed by atoms with van der Waals surface area (Å²) in [4.78, 5) is 0. The molecule has 14 heavy (non-hydrogen) atoms. The van der Waals surface area contributed by atoms with Crippen LogP contribution in [0.25, 0.3) is 0 Å². The molecule has 2 rings (SSSR count). The van der Waals surface area contributed by atoms with Gasteiger partial charge in [0.25, 0.3) is 0 Å². The molecule has 0 spiro atoms. The van der Waals surface area contributed by atoms with Crippen LogP contribution in [0.15, 0.2) is 12.1 Å². The molecule has 1 N–H and O–H groups in total. The van der Waals surface area contributed by atoms with Crippen LogP contribution in [0, 0.1) is 23.4 Å². The minimum Gasteiger partial charge on any atom is -0.382 e. The van der Waals surface area contributed by atoms with Crippen molar-refractivity contribution in [3.63, 3.8) is 0 Å². The Balaban J connectivity index is 2.13. The normalized spacial score (nSPS) is 15.6. The van der Waals surface area contributed by atoms with Crippen LogP contribution in [0.1, 0.15) is 12.8 Å². The van der Waals surface area contributed by atoms with E-state index in [9.17, 15) is 13.2 Å². The summed E-state index contributed by atoms with van der Waals surface area (Å²) in [5.41, 5.74) is -0.0885. The van der Waals surface area contributed by atoms with Gasteiger partial charge in [-0.25, -0.2) is 13.2 Å². The number of hydrogen-bond donors (Lipinski definition) is 1. The van der Waals surface area contributed by atoms with Crippen LogP contribution in [0.3, 0.4) is 0 Å². The molecule has 1 aromatic rings. The van der Waals surface area contributed by atoms with E-state index in [-0.39, 0.29) is 5.69 Å². The highest BCUT2D eigenvalue weighted by Crippen LogP contribution is 2.29. The highest BCUT2D eigenvalue weighted by molar-refractivity contribution is 5.45. The van der Waals surface area contributed by atoms with E-state index in [2.05, 4.69) is 5.32 Å². The Morgan fingerprint density at radius 2 is 1.93 bits per heavy atom. The summed E-state index contributed by atoms with van der Waals surface area (Å²) in [6, 6.07) is 1.51. The largest absolute Gasteiger partial charge is 0.382 e. The van der Waals surface area contributed by atoms with Crippen molar-refractivity contribution in [1.82, 2.24) is 0 Å². The molecule has 1 aliphatic rings. The lowest BCUT2D eigenvalue weighted by Crippen LogP contribution is -2.06. The zero-order valence-electron chi connectivity index (χ0n) is 7.49. The van der Waals surface area contributed by atoms with E-state index < -0.39 is 17.5 Å². The lowest BCUT2D eigenvalue weighted by molar-refractivity contribution is 0.497. The molecule has 0 aromatic heterocycles. The fourth-order valence-electron chi connectivity index (χ4n) is 1.26. The monoisotopic (exact) mass is 201 g/mol. The number of nitrogens with one attached hydrogen (secondary N) is 1. The first-order valence-electron chi connectivity index (χ1n) is 4.55. The Labute approximate surface area is 79.9 Å². The van der Waals surface area contributed by atoms with Crippen molar-refractivity contribution in [3.8, 4) is 0 Å². The summed E-state index contributed by atoms with van der Waals surface area (Å²) in [7, 11) is 0. The SMILES string of the molecule is Fc1cc(F)c(F)c(NCC2CC2)c1. The first-order valence-corrected chi connectivity index (χ1v) is 4.55. The highest BCUT2D eigenvalue weighted by Gasteiger charge is 2.21. The topological polar surface area (TPSA) is 12.0 Å². The molecule has 0 saturated heterocycles. The molecule has 0 amide bonds. The molecular formula is C10H10F3N. The smallest absolute Gasteiger partial charge is 0.182 e. The van der Waals surface area contributed by atoms with Crippen molar-refractivity contribution in [2.45, 2.75) is 12.8 Å². The van der Waals surface area contributed by atoms with E-state index in [4.69, 9.17) is 0 Å². The Bertz CT molecular complexity index is 347. The first-order chi connectivity index (χ1) is 6.66. The van der Waals surface area contributed by atoms with Crippen LogP contribution in [0.2, 0.25) is 0 Å². The van der Waals surface area contributed by atoms with E-state index in [1.807, 2.05) is 0 Å². The molecule has 1 aliphatic carbocycles. The van der Waals surface area contributed by atoms with E-state index in [1.165, 1.54) is 0 Å². The maximum Gasteiger partial charge on any atom is 0.182 e. The zero-order chi connectivity index (χ0) is 10.1. The van der Waals surface area contributed by atoms with Gasteiger partial charge in [0.1, 0.15) is 5.82 Å². The van der Waals surface area contributed by atoms with Gasteiger partial charge in [-0.2, -0.15) is 0 Å². The van der Waals surface area contributed by atoms with Crippen LogP contribution < -0.4 is 5.32 Å². The third-order valence-electron chi connectivity index (χ3n) is 2.27. The van der Waals surface area contributed by atoms with Crippen LogP contribution in [0.5, 0.6) is 0 Å². The van der Waals surface area contributed by atoms with Gasteiger partial charge in [-0.3, -0.25) is 0 Å². The first kappa shape index (κ1) is 9.37. The number of rotatable bonds is 3. The second-order valence-electron chi connectivity index (χ2n) is 3.57. The van der Waals surface area contributed by atoms with Gasteiger partial charge in [-0.15, -0.1) is 0 Å². The van der Waals surface area contributed by atoms with E-state index in [1.54, 1.807) is 0 Å². The summed E-state index contributed by atoms with van der Waals surface area (Å²) in [5.74, 6) is -2.39. The van der Waals surface area contributed by atoms with E-state index in [0.717, 1.165) is 18.9 Å². The number of halogens is 3. The molecule has 0 bridgehead atoms. The van der Waals surface area contributed by atoms with E-state index in [0.29, 0.717) is 18.5 Å². The van der Waals surface area contributed by atoms with Gasteiger partial charge in [-0.05, 0) is 18.8 Å². The summed E-state index contributed by atoms with van der Waals surface area (Å²) >= 11 is 0. The summed E-state index contributed by atoms with van der Waals surface area (Å²) < 4.78 is 38.5. The quantitative estimate of drug-likeness (QED) is 0.741. The second-order valence-corrected chi connectivity index (χ2v) is 3.57. The molecule has 0 unspecified atom stereocenters. The molecule has 1 fully saturated rings. The van der Waals surface area contributed by atoms with Gasteiger partial charge in [0, 0.05) is 18.7 Å². The van der Waals surface area contributed by atoms with Crippen LogP contribution in [-0.4, -0.2) is 6.54 Å². The molecule has 76 valence electrons. The molecule has 0 aliphatic heterocycles. The number of benzene rings is 1.